The van der Waals surface area contributed by atoms with E-state index < -0.39 is 11.2 Å². The molecule has 1 atom stereocenters. The molecule has 0 amide bonds. The lowest BCUT2D eigenvalue weighted by molar-refractivity contribution is -0.136. The Bertz CT molecular complexity index is 161. The summed E-state index contributed by atoms with van der Waals surface area (Å²) in [7, 11) is 0. The number of hydrogen-bond acceptors (Lipinski definition) is 3. The molecule has 5 heteroatoms. The van der Waals surface area contributed by atoms with Gasteiger partial charge in [0.1, 0.15) is 5.25 Å². The van der Waals surface area contributed by atoms with E-state index in [2.05, 4.69) is 0 Å². The number of nitrogens with one attached hydrogen (secondary N) is 1. The summed E-state index contributed by atoms with van der Waals surface area (Å²) in [6.45, 7) is 1.90. The second-order valence-electron chi connectivity index (χ2n) is 2.10. The molecule has 4 nitrogen and oxygen atoms in total. The van der Waals surface area contributed by atoms with Gasteiger partial charge in [0, 0.05) is 0 Å². The summed E-state index contributed by atoms with van der Waals surface area (Å²) in [5.74, 6) is -0.896. The molecule has 0 spiro atoms. The largest absolute Gasteiger partial charge is 0.480 e. The van der Waals surface area contributed by atoms with E-state index in [1.165, 1.54) is 0 Å². The molecule has 0 rings (SSSR count). The summed E-state index contributed by atoms with van der Waals surface area (Å²) in [6.07, 6.45) is 1.34. The third-order valence-corrected chi connectivity index (χ3v) is 2.07. The minimum Gasteiger partial charge on any atom is -0.480 e. The average Bonchev–Trinajstić information content (AvgIpc) is 1.86. The predicted molar refractivity (Wildman–Crippen MR) is 45.8 cm³/mol. The highest BCUT2D eigenvalue weighted by molar-refractivity contribution is 8.14. The van der Waals surface area contributed by atoms with Crippen LogP contribution in [0.25, 0.3) is 0 Å². The third-order valence-electron chi connectivity index (χ3n) is 1.10. The molecule has 0 aliphatic carbocycles. The first-order chi connectivity index (χ1) is 5.07. The number of amidine groups is 1. The number of hydrogen-bond donors (Lipinski definition) is 3. The van der Waals surface area contributed by atoms with Crippen molar-refractivity contribution in [2.24, 2.45) is 5.73 Å². The Morgan fingerprint density at radius 2 is 2.36 bits per heavy atom. The Labute approximate surface area is 69.7 Å². The van der Waals surface area contributed by atoms with Crippen LogP contribution in [0.5, 0.6) is 0 Å². The Kier molecular flexibility index (Phi) is 4.69. The summed E-state index contributed by atoms with van der Waals surface area (Å²) < 4.78 is 0. The maximum absolute atomic E-state index is 10.5. The van der Waals surface area contributed by atoms with Crippen LogP contribution in [0.4, 0.5) is 0 Å². The quantitative estimate of drug-likeness (QED) is 0.438. The van der Waals surface area contributed by atoms with Gasteiger partial charge in [0.05, 0.1) is 0 Å². The van der Waals surface area contributed by atoms with Crippen molar-refractivity contribution >= 4 is 22.9 Å². The van der Waals surface area contributed by atoms with Crippen molar-refractivity contribution in [2.75, 3.05) is 0 Å². The minimum absolute atomic E-state index is 0.133. The van der Waals surface area contributed by atoms with E-state index in [9.17, 15) is 4.79 Å². The van der Waals surface area contributed by atoms with Gasteiger partial charge in [-0.2, -0.15) is 0 Å². The zero-order valence-corrected chi connectivity index (χ0v) is 7.15. The second kappa shape index (κ2) is 5.01. The van der Waals surface area contributed by atoms with Crippen LogP contribution in [-0.2, 0) is 4.79 Å². The minimum atomic E-state index is -0.896. The van der Waals surface area contributed by atoms with Crippen LogP contribution < -0.4 is 5.73 Å². The molecule has 0 heterocycles. The Balaban J connectivity index is 3.89. The average molecular weight is 176 g/mol. The highest BCUT2D eigenvalue weighted by Gasteiger charge is 2.17. The molecule has 0 aromatic carbocycles. The molecule has 0 bridgehead atoms. The van der Waals surface area contributed by atoms with Gasteiger partial charge in [-0.3, -0.25) is 10.2 Å². The van der Waals surface area contributed by atoms with E-state index in [1.54, 1.807) is 0 Å². The zero-order chi connectivity index (χ0) is 8.85. The standard InChI is InChI=1S/C6H12N2O2S/c1-2-3-4(5(9)10)11-6(7)8/h4H,2-3H2,1H3,(H3,7,8)(H,9,10). The van der Waals surface area contributed by atoms with Crippen molar-refractivity contribution in [3.05, 3.63) is 0 Å². The summed E-state index contributed by atoms with van der Waals surface area (Å²) >= 11 is 0.894. The van der Waals surface area contributed by atoms with E-state index in [0.717, 1.165) is 18.2 Å². The molecular formula is C6H12N2O2S. The summed E-state index contributed by atoms with van der Waals surface area (Å²) in [5.41, 5.74) is 5.04. The number of carbonyl (C=O) groups is 1. The van der Waals surface area contributed by atoms with Crippen LogP contribution in [0.15, 0.2) is 0 Å². The molecule has 64 valence electrons. The lowest BCUT2D eigenvalue weighted by Crippen LogP contribution is -2.20. The van der Waals surface area contributed by atoms with Gasteiger partial charge in [0.15, 0.2) is 5.17 Å². The maximum atomic E-state index is 10.5. The molecule has 0 saturated carbocycles. The molecule has 0 aliphatic rings. The van der Waals surface area contributed by atoms with Gasteiger partial charge in [0.2, 0.25) is 0 Å². The third kappa shape index (κ3) is 4.66. The molecule has 0 radical (unpaired) electrons. The molecule has 0 aromatic rings. The monoisotopic (exact) mass is 176 g/mol. The topological polar surface area (TPSA) is 87.2 Å². The van der Waals surface area contributed by atoms with Crippen LogP contribution in [0.1, 0.15) is 19.8 Å². The van der Waals surface area contributed by atoms with Gasteiger partial charge >= 0.3 is 5.97 Å². The number of aliphatic carboxylic acids is 1. The fourth-order valence-electron chi connectivity index (χ4n) is 0.648. The van der Waals surface area contributed by atoms with Crippen molar-refractivity contribution in [3.8, 4) is 0 Å². The summed E-state index contributed by atoms with van der Waals surface area (Å²) in [5, 5.41) is 14.8. The molecule has 0 fully saturated rings. The molecule has 0 saturated heterocycles. The van der Waals surface area contributed by atoms with E-state index >= 15 is 0 Å². The Hall–Kier alpha value is -0.710. The SMILES string of the molecule is CCCC(SC(=N)N)C(=O)O. The fraction of sp³-hybridized carbons (Fsp3) is 0.667. The lowest BCUT2D eigenvalue weighted by atomic mass is 10.2. The van der Waals surface area contributed by atoms with Gasteiger partial charge < -0.3 is 10.8 Å². The smallest absolute Gasteiger partial charge is 0.317 e. The van der Waals surface area contributed by atoms with Crippen molar-refractivity contribution in [1.82, 2.24) is 0 Å². The van der Waals surface area contributed by atoms with Gasteiger partial charge in [-0.1, -0.05) is 25.1 Å². The molecular weight excluding hydrogens is 164 g/mol. The Morgan fingerprint density at radius 3 is 2.64 bits per heavy atom. The summed E-state index contributed by atoms with van der Waals surface area (Å²) in [4.78, 5) is 10.5. The van der Waals surface area contributed by atoms with E-state index in [4.69, 9.17) is 16.2 Å². The number of thioether (sulfide) groups is 1. The maximum Gasteiger partial charge on any atom is 0.317 e. The number of nitrogens with two attached hydrogens (primary N) is 1. The molecule has 11 heavy (non-hydrogen) atoms. The molecule has 4 N–H and O–H groups in total. The van der Waals surface area contributed by atoms with Gasteiger partial charge in [-0.05, 0) is 6.42 Å². The summed E-state index contributed by atoms with van der Waals surface area (Å²) in [6, 6.07) is 0. The highest BCUT2D eigenvalue weighted by atomic mass is 32.2. The van der Waals surface area contributed by atoms with Gasteiger partial charge in [0.25, 0.3) is 0 Å². The van der Waals surface area contributed by atoms with Crippen LogP contribution in [0.2, 0.25) is 0 Å². The highest BCUT2D eigenvalue weighted by Crippen LogP contribution is 2.15. The predicted octanol–water partition coefficient (Wildman–Crippen LogP) is 0.866. The first-order valence-electron chi connectivity index (χ1n) is 3.31. The van der Waals surface area contributed by atoms with Crippen molar-refractivity contribution < 1.29 is 9.90 Å². The normalized spacial score (nSPS) is 12.5. The first kappa shape index (κ1) is 10.3. The molecule has 0 aliphatic heterocycles. The van der Waals surface area contributed by atoms with Crippen molar-refractivity contribution in [2.45, 2.75) is 25.0 Å². The van der Waals surface area contributed by atoms with E-state index in [1.807, 2.05) is 6.92 Å². The van der Waals surface area contributed by atoms with Crippen molar-refractivity contribution in [3.63, 3.8) is 0 Å². The first-order valence-corrected chi connectivity index (χ1v) is 4.19. The van der Waals surface area contributed by atoms with E-state index in [0.29, 0.717) is 6.42 Å². The fourth-order valence-corrected chi connectivity index (χ4v) is 1.41. The van der Waals surface area contributed by atoms with Crippen LogP contribution in [0.3, 0.4) is 0 Å². The van der Waals surface area contributed by atoms with E-state index in [-0.39, 0.29) is 5.17 Å². The van der Waals surface area contributed by atoms with Crippen LogP contribution in [-0.4, -0.2) is 21.5 Å². The molecule has 0 aromatic heterocycles. The van der Waals surface area contributed by atoms with Gasteiger partial charge in [-0.25, -0.2) is 0 Å². The lowest BCUT2D eigenvalue weighted by Gasteiger charge is -2.07. The zero-order valence-electron chi connectivity index (χ0n) is 6.33. The Morgan fingerprint density at radius 1 is 1.82 bits per heavy atom. The van der Waals surface area contributed by atoms with Crippen LogP contribution in [0, 0.1) is 5.41 Å². The number of rotatable bonds is 4. The van der Waals surface area contributed by atoms with Crippen molar-refractivity contribution in [1.29, 1.82) is 5.41 Å². The number of carboxylic acid groups (broad SMARTS) is 1. The van der Waals surface area contributed by atoms with Gasteiger partial charge in [-0.15, -0.1) is 0 Å². The number of carboxylic acids is 1. The molecule has 1 unspecified atom stereocenters. The second-order valence-corrected chi connectivity index (χ2v) is 3.34. The van der Waals surface area contributed by atoms with Crippen LogP contribution >= 0.6 is 11.8 Å².